The average Bonchev–Trinajstić information content (AvgIpc) is 2.07. The summed E-state index contributed by atoms with van der Waals surface area (Å²) in [6, 6.07) is 10.4. The van der Waals surface area contributed by atoms with Crippen LogP contribution in [0.2, 0.25) is 6.55 Å². The minimum absolute atomic E-state index is 0.609. The van der Waals surface area contributed by atoms with Gasteiger partial charge in [0.25, 0.3) is 0 Å². The van der Waals surface area contributed by atoms with Gasteiger partial charge in [0, 0.05) is 6.61 Å². The molecule has 0 N–H and O–H groups in total. The summed E-state index contributed by atoms with van der Waals surface area (Å²) in [6.07, 6.45) is 1.03. The van der Waals surface area contributed by atoms with Gasteiger partial charge in [-0.15, -0.1) is 0 Å². The fraction of sp³-hybridized carbons (Fsp3) is 0.333. The number of benzene rings is 1. The van der Waals surface area contributed by atoms with Gasteiger partial charge in [0.1, 0.15) is 0 Å². The molecule has 0 heterocycles. The first kappa shape index (κ1) is 8.49. The Morgan fingerprint density at radius 2 is 2.00 bits per heavy atom. The Bertz CT molecular complexity index is 186. The molecule has 11 heavy (non-hydrogen) atoms. The second-order valence-corrected chi connectivity index (χ2v) is 2.99. The topological polar surface area (TPSA) is 9.23 Å². The maximum Gasteiger partial charge on any atom is 0.226 e. The van der Waals surface area contributed by atoms with Crippen LogP contribution in [0.5, 0.6) is 0 Å². The van der Waals surface area contributed by atoms with E-state index in [9.17, 15) is 0 Å². The molecule has 0 saturated heterocycles. The van der Waals surface area contributed by atoms with Crippen LogP contribution in [0, 0.1) is 0 Å². The molecule has 1 aromatic rings. The van der Waals surface area contributed by atoms with Crippen molar-refractivity contribution in [2.75, 3.05) is 6.61 Å². The fourth-order valence-electron chi connectivity index (χ4n) is 0.916. The molecule has 0 aliphatic carbocycles. The van der Waals surface area contributed by atoms with Gasteiger partial charge < -0.3 is 4.43 Å². The third kappa shape index (κ3) is 3.35. The summed E-state index contributed by atoms with van der Waals surface area (Å²) in [5.41, 5.74) is 1.35. The standard InChI is InChI=1S/C9H12OSi/c1-11-10-8-7-9-5-3-2-4-6-9/h2-6H,7-8H2,1H3. The predicted octanol–water partition coefficient (Wildman–Crippen LogP) is 1.91. The van der Waals surface area contributed by atoms with Gasteiger partial charge in [0.05, 0.1) is 0 Å². The largest absolute Gasteiger partial charge is 0.417 e. The molecule has 0 aliphatic heterocycles. The van der Waals surface area contributed by atoms with Gasteiger partial charge in [-0.1, -0.05) is 30.3 Å². The zero-order valence-electron chi connectivity index (χ0n) is 6.71. The Hall–Kier alpha value is -0.603. The van der Waals surface area contributed by atoms with Crippen LogP contribution in [0.1, 0.15) is 5.56 Å². The highest BCUT2D eigenvalue weighted by Crippen LogP contribution is 1.98. The summed E-state index contributed by atoms with van der Waals surface area (Å²) >= 11 is 0. The van der Waals surface area contributed by atoms with Crippen LogP contribution in [0.4, 0.5) is 0 Å². The summed E-state index contributed by atoms with van der Waals surface area (Å²) in [4.78, 5) is 0. The summed E-state index contributed by atoms with van der Waals surface area (Å²) < 4.78 is 5.27. The van der Waals surface area contributed by atoms with Crippen LogP contribution < -0.4 is 0 Å². The van der Waals surface area contributed by atoms with Crippen molar-refractivity contribution in [1.82, 2.24) is 0 Å². The lowest BCUT2D eigenvalue weighted by molar-refractivity contribution is 0.343. The quantitative estimate of drug-likeness (QED) is 0.488. The lowest BCUT2D eigenvalue weighted by Crippen LogP contribution is -1.99. The first-order chi connectivity index (χ1) is 5.43. The van der Waals surface area contributed by atoms with Crippen molar-refractivity contribution < 1.29 is 4.43 Å². The van der Waals surface area contributed by atoms with Gasteiger partial charge in [-0.25, -0.2) is 0 Å². The molecular weight excluding hydrogens is 152 g/mol. The third-order valence-electron chi connectivity index (χ3n) is 1.48. The molecule has 0 saturated carbocycles. The predicted molar refractivity (Wildman–Crippen MR) is 47.7 cm³/mol. The Labute approximate surface area is 70.3 Å². The van der Waals surface area contributed by atoms with Crippen LogP contribution in [0.15, 0.2) is 30.3 Å². The molecule has 0 aliphatic rings. The van der Waals surface area contributed by atoms with Gasteiger partial charge in [0.2, 0.25) is 9.76 Å². The van der Waals surface area contributed by atoms with Crippen LogP contribution >= 0.6 is 0 Å². The highest BCUT2D eigenvalue weighted by Gasteiger charge is 1.89. The van der Waals surface area contributed by atoms with Crippen molar-refractivity contribution in [3.8, 4) is 0 Å². The minimum atomic E-state index is 0.609. The molecule has 58 valence electrons. The van der Waals surface area contributed by atoms with Crippen molar-refractivity contribution in [3.05, 3.63) is 35.9 Å². The van der Waals surface area contributed by atoms with Gasteiger partial charge in [0.15, 0.2) is 0 Å². The van der Waals surface area contributed by atoms with E-state index in [0.29, 0.717) is 9.76 Å². The molecule has 0 bridgehead atoms. The molecule has 1 rings (SSSR count). The van der Waals surface area contributed by atoms with E-state index in [-0.39, 0.29) is 0 Å². The molecule has 1 aromatic carbocycles. The Balaban J connectivity index is 2.28. The lowest BCUT2D eigenvalue weighted by Gasteiger charge is -1.99. The van der Waals surface area contributed by atoms with Crippen molar-refractivity contribution in [2.45, 2.75) is 13.0 Å². The smallest absolute Gasteiger partial charge is 0.226 e. The molecule has 0 aromatic heterocycles. The molecule has 0 atom stereocenters. The first-order valence-corrected chi connectivity index (χ1v) is 5.17. The van der Waals surface area contributed by atoms with E-state index < -0.39 is 0 Å². The molecule has 2 radical (unpaired) electrons. The van der Waals surface area contributed by atoms with Crippen molar-refractivity contribution in [1.29, 1.82) is 0 Å². The van der Waals surface area contributed by atoms with E-state index in [0.717, 1.165) is 13.0 Å². The van der Waals surface area contributed by atoms with Gasteiger partial charge in [-0.2, -0.15) is 0 Å². The fourth-order valence-corrected chi connectivity index (χ4v) is 1.22. The SMILES string of the molecule is C[Si]OCCc1ccccc1. The monoisotopic (exact) mass is 164 g/mol. The summed E-state index contributed by atoms with van der Waals surface area (Å²) in [5.74, 6) is 0. The maximum atomic E-state index is 5.27. The molecule has 0 unspecified atom stereocenters. The molecular formula is C9H12OSi. The third-order valence-corrected chi connectivity index (χ3v) is 1.97. The molecule has 0 fully saturated rings. The normalized spacial score (nSPS) is 9.91. The molecule has 0 spiro atoms. The number of hydrogen-bond acceptors (Lipinski definition) is 1. The lowest BCUT2D eigenvalue weighted by atomic mass is 10.2. The molecule has 0 amide bonds. The first-order valence-electron chi connectivity index (χ1n) is 3.76. The van der Waals surface area contributed by atoms with E-state index in [1.54, 1.807) is 0 Å². The van der Waals surface area contributed by atoms with Crippen molar-refractivity contribution in [3.63, 3.8) is 0 Å². The summed E-state index contributed by atoms with van der Waals surface area (Å²) in [7, 11) is 0.609. The number of hydrogen-bond donors (Lipinski definition) is 0. The van der Waals surface area contributed by atoms with E-state index in [2.05, 4.69) is 24.3 Å². The van der Waals surface area contributed by atoms with Gasteiger partial charge in [-0.3, -0.25) is 0 Å². The average molecular weight is 164 g/mol. The van der Waals surface area contributed by atoms with Crippen molar-refractivity contribution in [2.24, 2.45) is 0 Å². The highest BCUT2D eigenvalue weighted by molar-refractivity contribution is 6.24. The van der Waals surface area contributed by atoms with Gasteiger partial charge in [-0.05, 0) is 18.5 Å². The number of rotatable bonds is 4. The molecule has 2 heteroatoms. The van der Waals surface area contributed by atoms with E-state index >= 15 is 0 Å². The summed E-state index contributed by atoms with van der Waals surface area (Å²) in [6.45, 7) is 2.89. The Kier molecular flexibility index (Phi) is 3.94. The summed E-state index contributed by atoms with van der Waals surface area (Å²) in [5, 5.41) is 0. The maximum absolute atomic E-state index is 5.27. The van der Waals surface area contributed by atoms with Crippen LogP contribution in [-0.4, -0.2) is 16.4 Å². The second-order valence-electron chi connectivity index (χ2n) is 2.29. The van der Waals surface area contributed by atoms with Crippen LogP contribution in [-0.2, 0) is 10.8 Å². The van der Waals surface area contributed by atoms with E-state index in [4.69, 9.17) is 4.43 Å². The van der Waals surface area contributed by atoms with Crippen molar-refractivity contribution >= 4 is 9.76 Å². The van der Waals surface area contributed by atoms with E-state index in [1.165, 1.54) is 5.56 Å². The zero-order valence-corrected chi connectivity index (χ0v) is 7.71. The Morgan fingerprint density at radius 1 is 1.27 bits per heavy atom. The highest BCUT2D eigenvalue weighted by atomic mass is 28.2. The van der Waals surface area contributed by atoms with Gasteiger partial charge >= 0.3 is 0 Å². The minimum Gasteiger partial charge on any atom is -0.417 e. The Morgan fingerprint density at radius 3 is 2.64 bits per heavy atom. The van der Waals surface area contributed by atoms with Crippen LogP contribution in [0.3, 0.4) is 0 Å². The molecule has 1 nitrogen and oxygen atoms in total. The second kappa shape index (κ2) is 5.10. The zero-order chi connectivity index (χ0) is 7.94. The van der Waals surface area contributed by atoms with Crippen LogP contribution in [0.25, 0.3) is 0 Å². The van der Waals surface area contributed by atoms with E-state index in [1.807, 2.05) is 12.6 Å².